The second kappa shape index (κ2) is 6.72. The Labute approximate surface area is 106 Å². The third-order valence-electron chi connectivity index (χ3n) is 4.28. The first-order valence-electron chi connectivity index (χ1n) is 7.34. The van der Waals surface area contributed by atoms with Crippen molar-refractivity contribution in [2.24, 2.45) is 0 Å². The van der Waals surface area contributed by atoms with Crippen molar-refractivity contribution in [3.8, 4) is 0 Å². The summed E-state index contributed by atoms with van der Waals surface area (Å²) >= 11 is 0. The minimum atomic E-state index is 0.500. The molecule has 1 aliphatic heterocycles. The van der Waals surface area contributed by atoms with E-state index in [4.69, 9.17) is 4.74 Å². The molecule has 3 atom stereocenters. The molecule has 0 amide bonds. The van der Waals surface area contributed by atoms with Gasteiger partial charge < -0.3 is 15.0 Å². The maximum Gasteiger partial charge on any atom is 0.0702 e. The first-order valence-corrected chi connectivity index (χ1v) is 7.34. The summed E-state index contributed by atoms with van der Waals surface area (Å²) in [5.41, 5.74) is 0. The van der Waals surface area contributed by atoms with Crippen LogP contribution in [-0.4, -0.2) is 49.8 Å². The molecule has 1 aliphatic carbocycles. The zero-order chi connectivity index (χ0) is 12.1. The van der Waals surface area contributed by atoms with Gasteiger partial charge in [-0.25, -0.2) is 0 Å². The molecule has 0 aromatic heterocycles. The first-order chi connectivity index (χ1) is 8.29. The second-order valence-electron chi connectivity index (χ2n) is 5.65. The van der Waals surface area contributed by atoms with E-state index in [1.807, 2.05) is 0 Å². The standard InChI is InChI=1S/C14H28N2O/c1-3-15-12-6-4-7-13(10-12)16(2)11-14-8-5-9-17-14/h12-15H,3-11H2,1-2H3. The lowest BCUT2D eigenvalue weighted by molar-refractivity contribution is 0.0578. The summed E-state index contributed by atoms with van der Waals surface area (Å²) in [6.07, 6.45) is 8.43. The van der Waals surface area contributed by atoms with E-state index in [-0.39, 0.29) is 0 Å². The molecule has 0 spiro atoms. The van der Waals surface area contributed by atoms with Crippen molar-refractivity contribution >= 4 is 0 Å². The molecule has 0 aromatic carbocycles. The lowest BCUT2D eigenvalue weighted by Gasteiger charge is -2.36. The van der Waals surface area contributed by atoms with Crippen LogP contribution in [0.2, 0.25) is 0 Å². The van der Waals surface area contributed by atoms with Crippen molar-refractivity contribution in [3.63, 3.8) is 0 Å². The van der Waals surface area contributed by atoms with Crippen LogP contribution >= 0.6 is 0 Å². The van der Waals surface area contributed by atoms with Crippen LogP contribution < -0.4 is 5.32 Å². The van der Waals surface area contributed by atoms with Gasteiger partial charge in [-0.15, -0.1) is 0 Å². The second-order valence-corrected chi connectivity index (χ2v) is 5.65. The Bertz CT molecular complexity index is 214. The Morgan fingerprint density at radius 2 is 2.12 bits per heavy atom. The van der Waals surface area contributed by atoms with E-state index in [2.05, 4.69) is 24.2 Å². The average molecular weight is 240 g/mol. The molecule has 1 saturated heterocycles. The number of hydrogen-bond acceptors (Lipinski definition) is 3. The van der Waals surface area contributed by atoms with Crippen LogP contribution in [0.25, 0.3) is 0 Å². The molecule has 3 nitrogen and oxygen atoms in total. The predicted molar refractivity (Wildman–Crippen MR) is 71.3 cm³/mol. The van der Waals surface area contributed by atoms with E-state index >= 15 is 0 Å². The van der Waals surface area contributed by atoms with Gasteiger partial charge in [-0.1, -0.05) is 13.3 Å². The zero-order valence-electron chi connectivity index (χ0n) is 11.5. The van der Waals surface area contributed by atoms with Gasteiger partial charge in [0.05, 0.1) is 6.10 Å². The fraction of sp³-hybridized carbons (Fsp3) is 1.00. The van der Waals surface area contributed by atoms with Gasteiger partial charge in [0.1, 0.15) is 0 Å². The van der Waals surface area contributed by atoms with Crippen molar-refractivity contribution in [2.75, 3.05) is 26.7 Å². The largest absolute Gasteiger partial charge is 0.377 e. The van der Waals surface area contributed by atoms with Crippen LogP contribution in [0.3, 0.4) is 0 Å². The van der Waals surface area contributed by atoms with Crippen LogP contribution in [0.1, 0.15) is 45.4 Å². The Balaban J connectivity index is 1.75. The molecule has 0 bridgehead atoms. The number of nitrogens with one attached hydrogen (secondary N) is 1. The number of rotatable bonds is 5. The maximum atomic E-state index is 5.73. The summed E-state index contributed by atoms with van der Waals surface area (Å²) in [5, 5.41) is 3.61. The molecule has 2 aliphatic rings. The van der Waals surface area contributed by atoms with E-state index in [9.17, 15) is 0 Å². The average Bonchev–Trinajstić information content (AvgIpc) is 2.83. The minimum absolute atomic E-state index is 0.500. The fourth-order valence-corrected chi connectivity index (χ4v) is 3.30. The molecular formula is C14H28N2O. The zero-order valence-corrected chi connectivity index (χ0v) is 11.5. The summed E-state index contributed by atoms with van der Waals surface area (Å²) in [7, 11) is 2.28. The first kappa shape index (κ1) is 13.3. The summed E-state index contributed by atoms with van der Waals surface area (Å²) in [5.74, 6) is 0. The molecule has 0 radical (unpaired) electrons. The summed E-state index contributed by atoms with van der Waals surface area (Å²) in [6.45, 7) is 5.42. The van der Waals surface area contributed by atoms with Crippen LogP contribution in [0.15, 0.2) is 0 Å². The van der Waals surface area contributed by atoms with E-state index in [0.717, 1.165) is 31.8 Å². The van der Waals surface area contributed by atoms with Gasteiger partial charge >= 0.3 is 0 Å². The molecule has 100 valence electrons. The molecule has 1 heterocycles. The van der Waals surface area contributed by atoms with E-state index in [0.29, 0.717) is 6.10 Å². The summed E-state index contributed by atoms with van der Waals surface area (Å²) < 4.78 is 5.73. The van der Waals surface area contributed by atoms with Crippen molar-refractivity contribution in [3.05, 3.63) is 0 Å². The molecule has 1 saturated carbocycles. The van der Waals surface area contributed by atoms with Gasteiger partial charge in [0.2, 0.25) is 0 Å². The van der Waals surface area contributed by atoms with E-state index in [1.165, 1.54) is 38.5 Å². The minimum Gasteiger partial charge on any atom is -0.377 e. The van der Waals surface area contributed by atoms with Crippen LogP contribution in [-0.2, 0) is 4.74 Å². The van der Waals surface area contributed by atoms with Crippen LogP contribution in [0, 0.1) is 0 Å². The molecule has 3 heteroatoms. The smallest absolute Gasteiger partial charge is 0.0702 e. The molecule has 0 aromatic rings. The topological polar surface area (TPSA) is 24.5 Å². The molecular weight excluding hydrogens is 212 g/mol. The maximum absolute atomic E-state index is 5.73. The van der Waals surface area contributed by atoms with Crippen LogP contribution in [0.5, 0.6) is 0 Å². The summed E-state index contributed by atoms with van der Waals surface area (Å²) in [6, 6.07) is 1.50. The molecule has 1 N–H and O–H groups in total. The monoisotopic (exact) mass is 240 g/mol. The highest BCUT2D eigenvalue weighted by atomic mass is 16.5. The van der Waals surface area contributed by atoms with Crippen molar-refractivity contribution in [1.29, 1.82) is 0 Å². The van der Waals surface area contributed by atoms with E-state index in [1.54, 1.807) is 0 Å². The number of likely N-dealkylation sites (N-methyl/N-ethyl adjacent to an activating group) is 1. The summed E-state index contributed by atoms with van der Waals surface area (Å²) in [4.78, 5) is 2.54. The third-order valence-corrected chi connectivity index (χ3v) is 4.28. The van der Waals surface area contributed by atoms with Gasteiger partial charge in [0.15, 0.2) is 0 Å². The molecule has 2 fully saturated rings. The highest BCUT2D eigenvalue weighted by Gasteiger charge is 2.26. The third kappa shape index (κ3) is 3.94. The Kier molecular flexibility index (Phi) is 5.26. The highest BCUT2D eigenvalue weighted by Crippen LogP contribution is 2.23. The van der Waals surface area contributed by atoms with Gasteiger partial charge in [-0.2, -0.15) is 0 Å². The molecule has 3 unspecified atom stereocenters. The number of hydrogen-bond donors (Lipinski definition) is 1. The SMILES string of the molecule is CCNC1CCCC(N(C)CC2CCCO2)C1. The number of ether oxygens (including phenoxy) is 1. The van der Waals surface area contributed by atoms with Gasteiger partial charge in [-0.05, 0) is 45.7 Å². The molecule has 17 heavy (non-hydrogen) atoms. The quantitative estimate of drug-likeness (QED) is 0.795. The molecule has 2 rings (SSSR count). The van der Waals surface area contributed by atoms with E-state index < -0.39 is 0 Å². The normalized spacial score (nSPS) is 34.4. The van der Waals surface area contributed by atoms with Crippen molar-refractivity contribution < 1.29 is 4.74 Å². The Morgan fingerprint density at radius 3 is 2.82 bits per heavy atom. The van der Waals surface area contributed by atoms with Gasteiger partial charge in [-0.3, -0.25) is 0 Å². The lowest BCUT2D eigenvalue weighted by Crippen LogP contribution is -2.45. The Hall–Kier alpha value is -0.120. The van der Waals surface area contributed by atoms with Crippen LogP contribution in [0.4, 0.5) is 0 Å². The van der Waals surface area contributed by atoms with Gasteiger partial charge in [0, 0.05) is 25.2 Å². The highest BCUT2D eigenvalue weighted by molar-refractivity contribution is 4.84. The van der Waals surface area contributed by atoms with Gasteiger partial charge in [0.25, 0.3) is 0 Å². The van der Waals surface area contributed by atoms with Crippen molar-refractivity contribution in [1.82, 2.24) is 10.2 Å². The number of nitrogens with zero attached hydrogens (tertiary/aromatic N) is 1. The lowest BCUT2D eigenvalue weighted by atomic mass is 9.90. The Morgan fingerprint density at radius 1 is 1.24 bits per heavy atom. The fourth-order valence-electron chi connectivity index (χ4n) is 3.30. The van der Waals surface area contributed by atoms with Crippen molar-refractivity contribution in [2.45, 2.75) is 63.6 Å². The predicted octanol–water partition coefficient (Wildman–Crippen LogP) is 2.02.